The Kier molecular flexibility index (Phi) is 5.31. The zero-order valence-corrected chi connectivity index (χ0v) is 14.9. The molecule has 0 unspecified atom stereocenters. The average Bonchev–Trinajstić information content (AvgIpc) is 3.11. The number of sulfonamides is 1. The van der Waals surface area contributed by atoms with Gasteiger partial charge in [-0.1, -0.05) is 43.7 Å². The van der Waals surface area contributed by atoms with Crippen molar-refractivity contribution in [2.45, 2.75) is 31.2 Å². The van der Waals surface area contributed by atoms with Gasteiger partial charge >= 0.3 is 0 Å². The number of aryl methyl sites for hydroxylation is 1. The summed E-state index contributed by atoms with van der Waals surface area (Å²) in [6, 6.07) is 16.7. The monoisotopic (exact) mass is 355 g/mol. The highest BCUT2D eigenvalue weighted by Gasteiger charge is 2.14. The molecule has 3 rings (SSSR count). The smallest absolute Gasteiger partial charge is 0.240 e. The lowest BCUT2D eigenvalue weighted by Gasteiger charge is -2.06. The maximum atomic E-state index is 12.4. The van der Waals surface area contributed by atoms with Crippen LogP contribution in [0.15, 0.2) is 71.9 Å². The van der Waals surface area contributed by atoms with Crippen LogP contribution in [0.3, 0.4) is 0 Å². The molecule has 130 valence electrons. The molecule has 1 heterocycles. The van der Waals surface area contributed by atoms with Gasteiger partial charge in [0.25, 0.3) is 0 Å². The van der Waals surface area contributed by atoms with Gasteiger partial charge in [0, 0.05) is 18.3 Å². The van der Waals surface area contributed by atoms with Crippen molar-refractivity contribution in [1.29, 1.82) is 0 Å². The molecule has 0 spiro atoms. The summed E-state index contributed by atoms with van der Waals surface area (Å²) < 4.78 is 29.2. The lowest BCUT2D eigenvalue weighted by molar-refractivity contribution is 0.581. The van der Waals surface area contributed by atoms with E-state index in [0.29, 0.717) is 0 Å². The molecule has 0 atom stereocenters. The molecule has 0 bridgehead atoms. The van der Waals surface area contributed by atoms with E-state index < -0.39 is 10.0 Å². The number of aromatic nitrogens is 2. The summed E-state index contributed by atoms with van der Waals surface area (Å²) >= 11 is 0. The molecule has 25 heavy (non-hydrogen) atoms. The van der Waals surface area contributed by atoms with Crippen LogP contribution in [0.1, 0.15) is 24.5 Å². The summed E-state index contributed by atoms with van der Waals surface area (Å²) in [6.07, 6.45) is 5.48. The highest BCUT2D eigenvalue weighted by Crippen LogP contribution is 2.13. The number of nitrogens with one attached hydrogen (secondary N) is 1. The van der Waals surface area contributed by atoms with Crippen molar-refractivity contribution in [3.05, 3.63) is 78.1 Å². The summed E-state index contributed by atoms with van der Waals surface area (Å²) in [6.45, 7) is 2.30. The molecule has 0 radical (unpaired) electrons. The van der Waals surface area contributed by atoms with Crippen molar-refractivity contribution >= 4 is 10.0 Å². The standard InChI is InChI=1S/C19H21N3O2S/c1-2-6-16-9-11-19(12-10-16)25(23,24)21-14-17-13-20-22(15-17)18-7-4-3-5-8-18/h3-5,7-13,15,21H,2,6,14H2,1H3. The third kappa shape index (κ3) is 4.35. The number of hydrogen-bond donors (Lipinski definition) is 1. The maximum absolute atomic E-state index is 12.4. The van der Waals surface area contributed by atoms with E-state index in [0.717, 1.165) is 29.7 Å². The SMILES string of the molecule is CCCc1ccc(S(=O)(=O)NCc2cnn(-c3ccccc3)c2)cc1. The normalized spacial score (nSPS) is 11.6. The van der Waals surface area contributed by atoms with Crippen molar-refractivity contribution in [1.82, 2.24) is 14.5 Å². The van der Waals surface area contributed by atoms with Gasteiger partial charge in [0.1, 0.15) is 0 Å². The van der Waals surface area contributed by atoms with Gasteiger partial charge in [0.15, 0.2) is 0 Å². The zero-order valence-electron chi connectivity index (χ0n) is 14.1. The first-order valence-corrected chi connectivity index (χ1v) is 9.74. The average molecular weight is 355 g/mol. The minimum atomic E-state index is -3.53. The molecule has 0 saturated carbocycles. The van der Waals surface area contributed by atoms with E-state index in [-0.39, 0.29) is 11.4 Å². The molecule has 0 aliphatic rings. The van der Waals surface area contributed by atoms with Gasteiger partial charge in [-0.2, -0.15) is 5.10 Å². The minimum absolute atomic E-state index is 0.200. The topological polar surface area (TPSA) is 64.0 Å². The van der Waals surface area contributed by atoms with E-state index in [2.05, 4.69) is 16.7 Å². The fourth-order valence-corrected chi connectivity index (χ4v) is 3.58. The molecule has 0 saturated heterocycles. The molecule has 1 N–H and O–H groups in total. The molecule has 0 aliphatic carbocycles. The van der Waals surface area contributed by atoms with E-state index in [1.54, 1.807) is 23.0 Å². The van der Waals surface area contributed by atoms with Crippen molar-refractivity contribution in [3.63, 3.8) is 0 Å². The first-order chi connectivity index (χ1) is 12.1. The predicted molar refractivity (Wildman–Crippen MR) is 98.0 cm³/mol. The molecule has 0 aliphatic heterocycles. The van der Waals surface area contributed by atoms with Gasteiger partial charge in [0.05, 0.1) is 16.8 Å². The largest absolute Gasteiger partial charge is 0.241 e. The van der Waals surface area contributed by atoms with E-state index in [4.69, 9.17) is 0 Å². The Hall–Kier alpha value is -2.44. The number of hydrogen-bond acceptors (Lipinski definition) is 3. The fourth-order valence-electron chi connectivity index (χ4n) is 2.56. The third-order valence-electron chi connectivity index (χ3n) is 3.90. The quantitative estimate of drug-likeness (QED) is 0.707. The summed E-state index contributed by atoms with van der Waals surface area (Å²) in [5.74, 6) is 0. The van der Waals surface area contributed by atoms with Crippen LogP contribution in [-0.4, -0.2) is 18.2 Å². The number of para-hydroxylation sites is 1. The Balaban J connectivity index is 1.67. The maximum Gasteiger partial charge on any atom is 0.240 e. The van der Waals surface area contributed by atoms with Crippen molar-refractivity contribution in [2.75, 3.05) is 0 Å². The summed E-state index contributed by atoms with van der Waals surface area (Å²) in [4.78, 5) is 0.280. The van der Waals surface area contributed by atoms with Crippen LogP contribution in [0, 0.1) is 0 Å². The molecule has 2 aromatic carbocycles. The molecule has 1 aromatic heterocycles. The Labute approximate surface area is 148 Å². The predicted octanol–water partition coefficient (Wildman–Crippen LogP) is 3.30. The lowest BCUT2D eigenvalue weighted by Crippen LogP contribution is -2.23. The van der Waals surface area contributed by atoms with Crippen molar-refractivity contribution < 1.29 is 8.42 Å². The Morgan fingerprint density at radius 3 is 2.40 bits per heavy atom. The van der Waals surface area contributed by atoms with Gasteiger partial charge in [-0.3, -0.25) is 0 Å². The molecule has 6 heteroatoms. The van der Waals surface area contributed by atoms with Gasteiger partial charge in [-0.15, -0.1) is 0 Å². The second-order valence-electron chi connectivity index (χ2n) is 5.85. The van der Waals surface area contributed by atoms with E-state index >= 15 is 0 Å². The van der Waals surface area contributed by atoms with Crippen LogP contribution < -0.4 is 4.72 Å². The van der Waals surface area contributed by atoms with Crippen molar-refractivity contribution in [3.8, 4) is 5.69 Å². The van der Waals surface area contributed by atoms with Gasteiger partial charge in [-0.05, 0) is 36.2 Å². The fraction of sp³-hybridized carbons (Fsp3) is 0.211. The molecular weight excluding hydrogens is 334 g/mol. The highest BCUT2D eigenvalue weighted by atomic mass is 32.2. The molecule has 5 nitrogen and oxygen atoms in total. The Morgan fingerprint density at radius 1 is 1.00 bits per heavy atom. The zero-order chi connectivity index (χ0) is 17.7. The molecular formula is C19H21N3O2S. The van der Waals surface area contributed by atoms with Crippen LogP contribution in [0.25, 0.3) is 5.69 Å². The number of benzene rings is 2. The highest BCUT2D eigenvalue weighted by molar-refractivity contribution is 7.89. The summed E-state index contributed by atoms with van der Waals surface area (Å²) in [5, 5.41) is 4.27. The van der Waals surface area contributed by atoms with E-state index in [1.807, 2.05) is 48.7 Å². The molecule has 0 amide bonds. The van der Waals surface area contributed by atoms with E-state index in [9.17, 15) is 8.42 Å². The first-order valence-electron chi connectivity index (χ1n) is 8.26. The van der Waals surface area contributed by atoms with Crippen LogP contribution in [0.4, 0.5) is 0 Å². The van der Waals surface area contributed by atoms with Crippen LogP contribution >= 0.6 is 0 Å². The Bertz CT molecular complexity index is 917. The third-order valence-corrected chi connectivity index (χ3v) is 5.31. The van der Waals surface area contributed by atoms with Gasteiger partial charge in [0.2, 0.25) is 10.0 Å². The van der Waals surface area contributed by atoms with Crippen LogP contribution in [0.2, 0.25) is 0 Å². The van der Waals surface area contributed by atoms with Crippen LogP contribution in [0.5, 0.6) is 0 Å². The van der Waals surface area contributed by atoms with Crippen molar-refractivity contribution in [2.24, 2.45) is 0 Å². The second kappa shape index (κ2) is 7.63. The minimum Gasteiger partial charge on any atom is -0.241 e. The van der Waals surface area contributed by atoms with Gasteiger partial charge < -0.3 is 0 Å². The van der Waals surface area contributed by atoms with Crippen LogP contribution in [-0.2, 0) is 23.0 Å². The summed E-state index contributed by atoms with van der Waals surface area (Å²) in [5.41, 5.74) is 2.88. The number of nitrogens with zero attached hydrogens (tertiary/aromatic N) is 2. The van der Waals surface area contributed by atoms with Gasteiger partial charge in [-0.25, -0.2) is 17.8 Å². The number of rotatable bonds is 7. The lowest BCUT2D eigenvalue weighted by atomic mass is 10.1. The molecule has 3 aromatic rings. The molecule has 0 fully saturated rings. The Morgan fingerprint density at radius 2 is 1.72 bits per heavy atom. The van der Waals surface area contributed by atoms with E-state index in [1.165, 1.54) is 0 Å². The first kappa shape index (κ1) is 17.4. The second-order valence-corrected chi connectivity index (χ2v) is 7.61. The summed E-state index contributed by atoms with van der Waals surface area (Å²) in [7, 11) is -3.53.